The molecule has 0 radical (unpaired) electrons. The molecule has 0 atom stereocenters. The molecule has 0 aliphatic carbocycles. The summed E-state index contributed by atoms with van der Waals surface area (Å²) in [6, 6.07) is 13.0. The Bertz CT molecular complexity index is 875. The number of carbonyl (C=O) groups is 2. The highest BCUT2D eigenvalue weighted by atomic mass is 32.2. The minimum absolute atomic E-state index is 0.0233. The van der Waals surface area contributed by atoms with Crippen molar-refractivity contribution >= 4 is 29.3 Å². The Balaban J connectivity index is 1.37. The fourth-order valence-electron chi connectivity index (χ4n) is 3.76. The van der Waals surface area contributed by atoms with Gasteiger partial charge in [-0.1, -0.05) is 12.1 Å². The van der Waals surface area contributed by atoms with Crippen LogP contribution in [0.25, 0.3) is 0 Å². The fraction of sp³-hybridized carbons (Fsp3) is 0.333. The van der Waals surface area contributed by atoms with Gasteiger partial charge in [-0.3, -0.25) is 9.59 Å². The van der Waals surface area contributed by atoms with Crippen molar-refractivity contribution < 1.29 is 14.7 Å². The maximum Gasteiger partial charge on any atom is 0.253 e. The molecular formula is C21H22N2O3S. The first-order chi connectivity index (χ1) is 13.1. The second-order valence-corrected chi connectivity index (χ2v) is 8.17. The summed E-state index contributed by atoms with van der Waals surface area (Å²) in [5, 5.41) is 12.4. The van der Waals surface area contributed by atoms with Crippen LogP contribution in [0.4, 0.5) is 5.69 Å². The summed E-state index contributed by atoms with van der Waals surface area (Å²) < 4.78 is 0. The normalized spacial score (nSPS) is 17.3. The summed E-state index contributed by atoms with van der Waals surface area (Å²) in [7, 11) is 0. The maximum absolute atomic E-state index is 12.9. The topological polar surface area (TPSA) is 69.6 Å². The number of hydrogen-bond donors (Lipinski definition) is 2. The Kier molecular flexibility index (Phi) is 5.07. The molecule has 0 spiro atoms. The zero-order chi connectivity index (χ0) is 18.8. The lowest BCUT2D eigenvalue weighted by atomic mass is 9.90. The van der Waals surface area contributed by atoms with E-state index in [4.69, 9.17) is 0 Å². The third-order valence-corrected chi connectivity index (χ3v) is 6.27. The monoisotopic (exact) mass is 382 g/mol. The van der Waals surface area contributed by atoms with Gasteiger partial charge in [-0.05, 0) is 61.1 Å². The number of benzene rings is 2. The number of carbonyl (C=O) groups excluding carboxylic acids is 2. The van der Waals surface area contributed by atoms with Crippen molar-refractivity contribution in [2.24, 2.45) is 5.92 Å². The van der Waals surface area contributed by atoms with Gasteiger partial charge >= 0.3 is 0 Å². The molecule has 0 aromatic heterocycles. The molecule has 140 valence electrons. The summed E-state index contributed by atoms with van der Waals surface area (Å²) in [4.78, 5) is 27.3. The largest absolute Gasteiger partial charge is 0.508 e. The Morgan fingerprint density at radius 2 is 2.00 bits per heavy atom. The molecule has 27 heavy (non-hydrogen) atoms. The second-order valence-electron chi connectivity index (χ2n) is 7.16. The van der Waals surface area contributed by atoms with E-state index in [1.165, 1.54) is 11.8 Å². The Morgan fingerprint density at radius 3 is 2.78 bits per heavy atom. The number of aromatic hydroxyl groups is 1. The predicted octanol–water partition coefficient (Wildman–Crippen LogP) is 3.53. The van der Waals surface area contributed by atoms with E-state index in [0.717, 1.165) is 48.5 Å². The van der Waals surface area contributed by atoms with E-state index in [2.05, 4.69) is 5.32 Å². The van der Waals surface area contributed by atoms with Crippen LogP contribution in [0.1, 0.15) is 28.8 Å². The zero-order valence-corrected chi connectivity index (χ0v) is 15.8. The third kappa shape index (κ3) is 4.11. The number of likely N-dealkylation sites (tertiary alicyclic amines) is 1. The molecule has 6 heteroatoms. The summed E-state index contributed by atoms with van der Waals surface area (Å²) in [6.45, 7) is 1.47. The van der Waals surface area contributed by atoms with Crippen LogP contribution in [0.15, 0.2) is 47.4 Å². The summed E-state index contributed by atoms with van der Waals surface area (Å²) in [6.07, 6.45) is 2.84. The van der Waals surface area contributed by atoms with Gasteiger partial charge < -0.3 is 15.3 Å². The van der Waals surface area contributed by atoms with Crippen molar-refractivity contribution in [2.45, 2.75) is 24.2 Å². The van der Waals surface area contributed by atoms with Crippen molar-refractivity contribution in [3.63, 3.8) is 0 Å². The van der Waals surface area contributed by atoms with Gasteiger partial charge in [-0.2, -0.15) is 0 Å². The van der Waals surface area contributed by atoms with Crippen LogP contribution in [0.3, 0.4) is 0 Å². The van der Waals surface area contributed by atoms with Gasteiger partial charge in [0.05, 0.1) is 11.4 Å². The van der Waals surface area contributed by atoms with Crippen LogP contribution in [-0.2, 0) is 11.2 Å². The van der Waals surface area contributed by atoms with Gasteiger partial charge in [0, 0.05) is 23.5 Å². The van der Waals surface area contributed by atoms with Crippen molar-refractivity contribution in [3.8, 4) is 5.75 Å². The smallest absolute Gasteiger partial charge is 0.253 e. The van der Waals surface area contributed by atoms with Crippen LogP contribution in [-0.4, -0.2) is 40.7 Å². The maximum atomic E-state index is 12.9. The molecule has 2 N–H and O–H groups in total. The predicted molar refractivity (Wildman–Crippen MR) is 106 cm³/mol. The summed E-state index contributed by atoms with van der Waals surface area (Å²) >= 11 is 1.50. The highest BCUT2D eigenvalue weighted by molar-refractivity contribution is 8.00. The van der Waals surface area contributed by atoms with Gasteiger partial charge in [0.25, 0.3) is 5.91 Å². The number of fused-ring (bicyclic) bond motifs is 1. The molecule has 0 saturated carbocycles. The number of phenolic OH excluding ortho intramolecular Hbond substituents is 1. The molecule has 2 heterocycles. The molecule has 2 aliphatic heterocycles. The second kappa shape index (κ2) is 7.64. The van der Waals surface area contributed by atoms with Crippen LogP contribution in [0, 0.1) is 5.92 Å². The number of hydrogen-bond acceptors (Lipinski definition) is 4. The molecule has 2 aromatic rings. The SMILES string of the molecule is O=C1CSc2ccc(C(=O)N3CCC(Cc4cccc(O)c4)CC3)cc2N1. The number of nitrogens with zero attached hydrogens (tertiary/aromatic N) is 1. The van der Waals surface area contributed by atoms with Gasteiger partial charge in [-0.15, -0.1) is 11.8 Å². The third-order valence-electron chi connectivity index (χ3n) is 5.20. The van der Waals surface area contributed by atoms with Crippen molar-refractivity contribution in [2.75, 3.05) is 24.2 Å². The Labute approximate surface area is 162 Å². The van der Waals surface area contributed by atoms with Crippen LogP contribution in [0.2, 0.25) is 0 Å². The number of phenols is 1. The number of nitrogens with one attached hydrogen (secondary N) is 1. The van der Waals surface area contributed by atoms with Crippen LogP contribution < -0.4 is 5.32 Å². The standard InChI is InChI=1S/C21H22N2O3S/c24-17-3-1-2-15(11-17)10-14-6-8-23(9-7-14)21(26)16-4-5-19-18(12-16)22-20(25)13-27-19/h1-5,11-12,14,24H,6-10,13H2,(H,22,25). The lowest BCUT2D eigenvalue weighted by Crippen LogP contribution is -2.39. The molecule has 5 nitrogen and oxygen atoms in total. The van der Waals surface area contributed by atoms with Gasteiger partial charge in [0.15, 0.2) is 0 Å². The number of rotatable bonds is 3. The highest BCUT2D eigenvalue weighted by Crippen LogP contribution is 2.32. The molecule has 2 aromatic carbocycles. The number of anilines is 1. The molecule has 4 rings (SSSR count). The quantitative estimate of drug-likeness (QED) is 0.852. The van der Waals surface area contributed by atoms with E-state index in [9.17, 15) is 14.7 Å². The van der Waals surface area contributed by atoms with Gasteiger partial charge in [0.1, 0.15) is 5.75 Å². The molecule has 2 amide bonds. The Morgan fingerprint density at radius 1 is 1.19 bits per heavy atom. The fourth-order valence-corrected chi connectivity index (χ4v) is 4.54. The minimum Gasteiger partial charge on any atom is -0.508 e. The first-order valence-electron chi connectivity index (χ1n) is 9.22. The van der Waals surface area contributed by atoms with E-state index < -0.39 is 0 Å². The molecule has 0 unspecified atom stereocenters. The van der Waals surface area contributed by atoms with Crippen molar-refractivity contribution in [1.29, 1.82) is 0 Å². The number of piperidine rings is 1. The zero-order valence-electron chi connectivity index (χ0n) is 15.0. The molecular weight excluding hydrogens is 360 g/mol. The highest BCUT2D eigenvalue weighted by Gasteiger charge is 2.25. The summed E-state index contributed by atoms with van der Waals surface area (Å²) in [5.41, 5.74) is 2.51. The van der Waals surface area contributed by atoms with Crippen LogP contribution in [0.5, 0.6) is 5.75 Å². The molecule has 1 saturated heterocycles. The first kappa shape index (κ1) is 17.9. The van der Waals surface area contributed by atoms with Crippen molar-refractivity contribution in [1.82, 2.24) is 4.90 Å². The molecule has 2 aliphatic rings. The Hall–Kier alpha value is -2.47. The van der Waals surface area contributed by atoms with Crippen molar-refractivity contribution in [3.05, 3.63) is 53.6 Å². The van der Waals surface area contributed by atoms with E-state index in [1.54, 1.807) is 12.1 Å². The average Bonchev–Trinajstić information content (AvgIpc) is 2.67. The number of amides is 2. The van der Waals surface area contributed by atoms with E-state index in [-0.39, 0.29) is 11.8 Å². The molecule has 0 bridgehead atoms. The molecule has 1 fully saturated rings. The summed E-state index contributed by atoms with van der Waals surface area (Å²) in [5.74, 6) is 1.25. The minimum atomic E-state index is -0.0233. The van der Waals surface area contributed by atoms with Gasteiger partial charge in [0.2, 0.25) is 5.91 Å². The van der Waals surface area contributed by atoms with E-state index in [0.29, 0.717) is 23.0 Å². The van der Waals surface area contributed by atoms with E-state index in [1.807, 2.05) is 35.2 Å². The average molecular weight is 382 g/mol. The van der Waals surface area contributed by atoms with Crippen LogP contribution >= 0.6 is 11.8 Å². The van der Waals surface area contributed by atoms with Gasteiger partial charge in [-0.25, -0.2) is 0 Å². The first-order valence-corrected chi connectivity index (χ1v) is 10.2. The lowest BCUT2D eigenvalue weighted by molar-refractivity contribution is -0.113. The number of thioether (sulfide) groups is 1. The lowest BCUT2D eigenvalue weighted by Gasteiger charge is -2.32. The van der Waals surface area contributed by atoms with E-state index >= 15 is 0 Å².